The van der Waals surface area contributed by atoms with Crippen LogP contribution in [0.5, 0.6) is 0 Å². The molecule has 2 heterocycles. The highest BCUT2D eigenvalue weighted by atomic mass is 15.3. The Kier molecular flexibility index (Phi) is 2.69. The molecule has 3 rings (SSSR count). The number of hydrogen-bond acceptors (Lipinski definition) is 2. The van der Waals surface area contributed by atoms with Crippen LogP contribution in [-0.4, -0.2) is 22.9 Å². The van der Waals surface area contributed by atoms with Crippen LogP contribution < -0.4 is 5.32 Å². The first kappa shape index (κ1) is 10.5. The molecule has 1 atom stereocenters. The summed E-state index contributed by atoms with van der Waals surface area (Å²) < 4.78 is 2.07. The second-order valence-electron chi connectivity index (χ2n) is 4.69. The summed E-state index contributed by atoms with van der Waals surface area (Å²) in [5, 5.41) is 7.86. The Morgan fingerprint density at radius 2 is 2.06 bits per heavy atom. The van der Waals surface area contributed by atoms with E-state index in [0.29, 0.717) is 5.92 Å². The fourth-order valence-electron chi connectivity index (χ4n) is 2.43. The van der Waals surface area contributed by atoms with E-state index in [1.54, 1.807) is 0 Å². The molecule has 88 valence electrons. The fourth-order valence-corrected chi connectivity index (χ4v) is 2.43. The molecule has 3 heteroatoms. The van der Waals surface area contributed by atoms with Gasteiger partial charge in [-0.05, 0) is 38.1 Å². The van der Waals surface area contributed by atoms with E-state index in [0.717, 1.165) is 18.8 Å². The van der Waals surface area contributed by atoms with E-state index < -0.39 is 0 Å². The van der Waals surface area contributed by atoms with E-state index in [2.05, 4.69) is 52.4 Å². The predicted molar refractivity (Wildman–Crippen MR) is 68.5 cm³/mol. The molecular weight excluding hydrogens is 210 g/mol. The Labute approximate surface area is 101 Å². The van der Waals surface area contributed by atoms with Crippen molar-refractivity contribution in [2.24, 2.45) is 0 Å². The third kappa shape index (κ3) is 1.98. The second-order valence-corrected chi connectivity index (χ2v) is 4.69. The first-order valence-electron chi connectivity index (χ1n) is 6.16. The van der Waals surface area contributed by atoms with Gasteiger partial charge in [-0.25, -0.2) is 4.68 Å². The van der Waals surface area contributed by atoms with Gasteiger partial charge >= 0.3 is 0 Å². The summed E-state index contributed by atoms with van der Waals surface area (Å²) in [5.74, 6) is 0.596. The molecule has 1 N–H and O–H groups in total. The highest BCUT2D eigenvalue weighted by molar-refractivity contribution is 5.36. The summed E-state index contributed by atoms with van der Waals surface area (Å²) in [5.41, 5.74) is 3.76. The van der Waals surface area contributed by atoms with Crippen molar-refractivity contribution in [1.29, 1.82) is 0 Å². The second kappa shape index (κ2) is 4.34. The van der Waals surface area contributed by atoms with Crippen LogP contribution in [0.25, 0.3) is 5.69 Å². The zero-order valence-electron chi connectivity index (χ0n) is 10.1. The first-order valence-corrected chi connectivity index (χ1v) is 6.16. The molecule has 0 amide bonds. The van der Waals surface area contributed by atoms with Crippen molar-refractivity contribution in [3.63, 3.8) is 0 Å². The van der Waals surface area contributed by atoms with Crippen LogP contribution in [0.3, 0.4) is 0 Å². The first-order chi connectivity index (χ1) is 8.34. The van der Waals surface area contributed by atoms with Crippen molar-refractivity contribution in [3.05, 3.63) is 47.8 Å². The Morgan fingerprint density at radius 3 is 2.76 bits per heavy atom. The predicted octanol–water partition coefficient (Wildman–Crippen LogP) is 2.26. The van der Waals surface area contributed by atoms with Crippen LogP contribution in [0.2, 0.25) is 0 Å². The van der Waals surface area contributed by atoms with E-state index in [1.165, 1.54) is 17.7 Å². The van der Waals surface area contributed by atoms with Crippen molar-refractivity contribution in [2.45, 2.75) is 19.3 Å². The number of nitrogens with zero attached hydrogens (tertiary/aromatic N) is 2. The molecule has 17 heavy (non-hydrogen) atoms. The highest BCUT2D eigenvalue weighted by Crippen LogP contribution is 2.24. The average Bonchev–Trinajstić information content (AvgIpc) is 3.00. The van der Waals surface area contributed by atoms with Gasteiger partial charge in [-0.15, -0.1) is 0 Å². The maximum atomic E-state index is 4.45. The lowest BCUT2D eigenvalue weighted by Crippen LogP contribution is -2.11. The topological polar surface area (TPSA) is 29.9 Å². The van der Waals surface area contributed by atoms with Gasteiger partial charge in [-0.2, -0.15) is 5.10 Å². The van der Waals surface area contributed by atoms with Crippen molar-refractivity contribution < 1.29 is 0 Å². The van der Waals surface area contributed by atoms with Gasteiger partial charge in [0, 0.05) is 24.4 Å². The van der Waals surface area contributed by atoms with E-state index >= 15 is 0 Å². The van der Waals surface area contributed by atoms with Gasteiger partial charge in [-0.1, -0.05) is 17.7 Å². The van der Waals surface area contributed by atoms with Crippen LogP contribution in [-0.2, 0) is 0 Å². The molecule has 1 aromatic heterocycles. The van der Waals surface area contributed by atoms with E-state index in [-0.39, 0.29) is 0 Å². The summed E-state index contributed by atoms with van der Waals surface area (Å²) in [6.07, 6.45) is 3.10. The highest BCUT2D eigenvalue weighted by Gasteiger charge is 2.20. The number of aromatic nitrogens is 2. The zero-order valence-corrected chi connectivity index (χ0v) is 10.1. The summed E-state index contributed by atoms with van der Waals surface area (Å²) in [6, 6.07) is 10.7. The van der Waals surface area contributed by atoms with Crippen molar-refractivity contribution in [3.8, 4) is 5.69 Å². The molecule has 0 radical (unpaired) electrons. The smallest absolute Gasteiger partial charge is 0.0649 e. The third-order valence-electron chi connectivity index (χ3n) is 3.43. The summed E-state index contributed by atoms with van der Waals surface area (Å²) in [6.45, 7) is 4.29. The van der Waals surface area contributed by atoms with Gasteiger partial charge in [0.25, 0.3) is 0 Å². The Morgan fingerprint density at radius 1 is 1.24 bits per heavy atom. The van der Waals surface area contributed by atoms with Crippen LogP contribution in [0, 0.1) is 6.92 Å². The minimum atomic E-state index is 0.596. The van der Waals surface area contributed by atoms with E-state index in [9.17, 15) is 0 Å². The molecule has 3 nitrogen and oxygen atoms in total. The fraction of sp³-hybridized carbons (Fsp3) is 0.357. The quantitative estimate of drug-likeness (QED) is 0.853. The maximum absolute atomic E-state index is 4.45. The van der Waals surface area contributed by atoms with Gasteiger partial charge in [0.15, 0.2) is 0 Å². The summed E-state index contributed by atoms with van der Waals surface area (Å²) >= 11 is 0. The molecule has 1 aliphatic rings. The molecule has 0 saturated carbocycles. The molecule has 2 aromatic rings. The molecule has 1 unspecified atom stereocenters. The number of rotatable bonds is 2. The Hall–Kier alpha value is -1.61. The number of nitrogens with one attached hydrogen (secondary N) is 1. The van der Waals surface area contributed by atoms with Crippen LogP contribution in [0.1, 0.15) is 23.6 Å². The van der Waals surface area contributed by atoms with Gasteiger partial charge < -0.3 is 5.32 Å². The Bertz CT molecular complexity index is 492. The van der Waals surface area contributed by atoms with Crippen LogP contribution in [0.4, 0.5) is 0 Å². The summed E-state index contributed by atoms with van der Waals surface area (Å²) in [4.78, 5) is 0. The lowest BCUT2D eigenvalue weighted by Gasteiger charge is -2.12. The standard InChI is InChI=1S/C14H17N3/c1-11-2-4-13(5-3-11)17-14(7-9-16-17)12-6-8-15-10-12/h2-5,7,9,12,15H,6,8,10H2,1H3. The lowest BCUT2D eigenvalue weighted by atomic mass is 10.0. The molecule has 1 aromatic carbocycles. The third-order valence-corrected chi connectivity index (χ3v) is 3.43. The maximum Gasteiger partial charge on any atom is 0.0649 e. The van der Waals surface area contributed by atoms with Gasteiger partial charge in [0.1, 0.15) is 0 Å². The van der Waals surface area contributed by atoms with Gasteiger partial charge in [-0.3, -0.25) is 0 Å². The van der Waals surface area contributed by atoms with E-state index in [1.807, 2.05) is 6.20 Å². The molecular formula is C14H17N3. The molecule has 0 bridgehead atoms. The normalized spacial score (nSPS) is 19.7. The van der Waals surface area contributed by atoms with Crippen LogP contribution >= 0.6 is 0 Å². The summed E-state index contributed by atoms with van der Waals surface area (Å²) in [7, 11) is 0. The number of hydrogen-bond donors (Lipinski definition) is 1. The number of benzene rings is 1. The molecule has 1 aliphatic heterocycles. The molecule has 1 saturated heterocycles. The molecule has 0 aliphatic carbocycles. The van der Waals surface area contributed by atoms with Crippen molar-refractivity contribution in [2.75, 3.05) is 13.1 Å². The minimum absolute atomic E-state index is 0.596. The van der Waals surface area contributed by atoms with E-state index in [4.69, 9.17) is 0 Å². The molecule has 0 spiro atoms. The number of aryl methyl sites for hydroxylation is 1. The largest absolute Gasteiger partial charge is 0.316 e. The van der Waals surface area contributed by atoms with Crippen LogP contribution in [0.15, 0.2) is 36.5 Å². The minimum Gasteiger partial charge on any atom is -0.316 e. The zero-order chi connectivity index (χ0) is 11.7. The van der Waals surface area contributed by atoms with Crippen molar-refractivity contribution in [1.82, 2.24) is 15.1 Å². The monoisotopic (exact) mass is 227 g/mol. The average molecular weight is 227 g/mol. The Balaban J connectivity index is 1.97. The van der Waals surface area contributed by atoms with Gasteiger partial charge in [0.2, 0.25) is 0 Å². The van der Waals surface area contributed by atoms with Gasteiger partial charge in [0.05, 0.1) is 5.69 Å². The van der Waals surface area contributed by atoms with Crippen molar-refractivity contribution >= 4 is 0 Å². The lowest BCUT2D eigenvalue weighted by molar-refractivity contribution is 0.683. The SMILES string of the molecule is Cc1ccc(-n2nccc2C2CCNC2)cc1. The molecule has 1 fully saturated rings.